The molecule has 0 fully saturated rings. The van der Waals surface area contributed by atoms with E-state index in [0.717, 1.165) is 48.4 Å². The number of rotatable bonds is 13. The molecule has 1 aliphatic carbocycles. The first-order valence-electron chi connectivity index (χ1n) is 16.3. The Balaban J connectivity index is 1.35. The molecule has 1 aliphatic heterocycles. The van der Waals surface area contributed by atoms with Crippen molar-refractivity contribution in [2.45, 2.75) is 104 Å². The molecule has 2 aliphatic rings. The van der Waals surface area contributed by atoms with Crippen molar-refractivity contribution >= 4 is 23.1 Å². The molecule has 0 saturated carbocycles. The average Bonchev–Trinajstić information content (AvgIpc) is 3.74. The third kappa shape index (κ3) is 7.03. The minimum atomic E-state index is -0.393. The van der Waals surface area contributed by atoms with Crippen LogP contribution in [0.25, 0.3) is 11.4 Å². The maximum atomic E-state index is 14.3. The maximum Gasteiger partial charge on any atom is 0.233 e. The number of tetrazole rings is 1. The zero-order valence-electron chi connectivity index (χ0n) is 27.5. The number of H-pyrrole nitrogens is 1. The minimum absolute atomic E-state index is 0.00912. The maximum absolute atomic E-state index is 14.3. The summed E-state index contributed by atoms with van der Waals surface area (Å²) in [7, 11) is 0. The summed E-state index contributed by atoms with van der Waals surface area (Å²) < 4.78 is 0. The highest BCUT2D eigenvalue weighted by molar-refractivity contribution is 7.12. The largest absolute Gasteiger partial charge is 0.338 e. The van der Waals surface area contributed by atoms with Crippen LogP contribution in [0.2, 0.25) is 0 Å². The number of benzene rings is 1. The highest BCUT2D eigenvalue weighted by Crippen LogP contribution is 2.39. The molecule has 3 N–H and O–H groups in total. The van der Waals surface area contributed by atoms with Crippen molar-refractivity contribution in [1.82, 2.24) is 30.6 Å². The molecule has 240 valence electrons. The van der Waals surface area contributed by atoms with Gasteiger partial charge in [-0.15, -0.1) is 21.5 Å². The van der Waals surface area contributed by atoms with Crippen molar-refractivity contribution in [2.75, 3.05) is 6.54 Å². The molecule has 3 heterocycles. The highest BCUT2D eigenvalue weighted by atomic mass is 32.1. The lowest BCUT2D eigenvalue weighted by atomic mass is 9.82. The molecule has 10 heteroatoms. The molecule has 45 heavy (non-hydrogen) atoms. The number of hydrogen-bond acceptors (Lipinski definition) is 7. The lowest BCUT2D eigenvalue weighted by Gasteiger charge is -2.36. The lowest BCUT2D eigenvalue weighted by Crippen LogP contribution is -2.47. The molecule has 2 aromatic heterocycles. The Labute approximate surface area is 271 Å². The number of unbranched alkanes of at least 4 members (excludes halogenated alkanes) is 1. The third-order valence-corrected chi connectivity index (χ3v) is 10.8. The highest BCUT2D eigenvalue weighted by Gasteiger charge is 2.39. The van der Waals surface area contributed by atoms with Crippen LogP contribution < -0.4 is 0 Å². The van der Waals surface area contributed by atoms with Crippen LogP contribution in [0.5, 0.6) is 0 Å². The fourth-order valence-electron chi connectivity index (χ4n) is 6.64. The van der Waals surface area contributed by atoms with Gasteiger partial charge in [-0.1, -0.05) is 79.8 Å². The van der Waals surface area contributed by atoms with E-state index in [0.29, 0.717) is 25.3 Å². The van der Waals surface area contributed by atoms with E-state index in [9.17, 15) is 4.79 Å². The molecular formula is C35H48N7O2S+. The van der Waals surface area contributed by atoms with Crippen molar-refractivity contribution in [3.63, 3.8) is 0 Å². The van der Waals surface area contributed by atoms with Gasteiger partial charge in [0.05, 0.1) is 25.0 Å². The van der Waals surface area contributed by atoms with Gasteiger partial charge < -0.3 is 5.21 Å². The molecule has 0 saturated heterocycles. The molecule has 0 spiro atoms. The molecule has 3 aromatic rings. The first-order valence-corrected chi connectivity index (χ1v) is 17.2. The van der Waals surface area contributed by atoms with Gasteiger partial charge in [0.1, 0.15) is 11.4 Å². The van der Waals surface area contributed by atoms with Crippen LogP contribution in [0.3, 0.4) is 0 Å². The Morgan fingerprint density at radius 1 is 1.20 bits per heavy atom. The summed E-state index contributed by atoms with van der Waals surface area (Å²) in [6.07, 6.45) is 12.2. The number of amides is 1. The Morgan fingerprint density at radius 2 is 2.00 bits per heavy atom. The van der Waals surface area contributed by atoms with E-state index in [4.69, 9.17) is 10.2 Å². The summed E-state index contributed by atoms with van der Waals surface area (Å²) in [4.78, 5) is 23.7. The fourth-order valence-corrected chi connectivity index (χ4v) is 7.99. The molecule has 1 aromatic carbocycles. The average molecular weight is 631 g/mol. The quantitative estimate of drug-likeness (QED) is 0.167. The van der Waals surface area contributed by atoms with E-state index in [2.05, 4.69) is 78.7 Å². The fraction of sp³-hybridized carbons (Fsp3) is 0.514. The van der Waals surface area contributed by atoms with Crippen LogP contribution in [-0.4, -0.2) is 60.1 Å². The van der Waals surface area contributed by atoms with Crippen molar-refractivity contribution in [2.24, 2.45) is 10.9 Å². The Kier molecular flexibility index (Phi) is 10.5. The van der Waals surface area contributed by atoms with E-state index >= 15 is 0 Å². The van der Waals surface area contributed by atoms with Crippen LogP contribution in [0.15, 0.2) is 59.1 Å². The second-order valence-electron chi connectivity index (χ2n) is 12.6. The number of allylic oxidation sites excluding steroid dienone is 4. The number of hydrogen-bond donors (Lipinski definition) is 1. The lowest BCUT2D eigenvalue weighted by molar-refractivity contribution is -0.161. The predicted molar refractivity (Wildman–Crippen MR) is 182 cm³/mol. The summed E-state index contributed by atoms with van der Waals surface area (Å²) in [6.45, 7) is 13.8. The van der Waals surface area contributed by atoms with Crippen LogP contribution in [0.4, 0.5) is 0 Å². The Bertz CT molecular complexity index is 1560. The van der Waals surface area contributed by atoms with Gasteiger partial charge in [0.25, 0.3) is 0 Å². The predicted octanol–water partition coefficient (Wildman–Crippen LogP) is 6.68. The second kappa shape index (κ2) is 14.3. The number of carbonyl (C=O) groups is 1. The number of aromatic amines is 1. The van der Waals surface area contributed by atoms with Gasteiger partial charge in [-0.05, 0) is 75.8 Å². The van der Waals surface area contributed by atoms with Gasteiger partial charge >= 0.3 is 0 Å². The number of thiophene rings is 1. The molecule has 3 atom stereocenters. The number of aromatic nitrogens is 4. The summed E-state index contributed by atoms with van der Waals surface area (Å²) in [6, 6.07) is 10.4. The van der Waals surface area contributed by atoms with Crippen LogP contribution in [0, 0.1) is 5.92 Å². The van der Waals surface area contributed by atoms with E-state index in [-0.39, 0.29) is 23.8 Å². The summed E-state index contributed by atoms with van der Waals surface area (Å²) in [5.41, 5.74) is 4.22. The standard InChI is InChI=1S/C35H47N7O2S/c1-7-10-15-31-30(20-24-16-18-26(19-17-24)28-13-11-12-14-29(28)33-37-39-40-38-33)34(43)41(23(4)36-31)22-27-21-25(8-2)32(45-27)35(5,6)42(44)9-3/h11-14,16-18,21,26,30-31,44H,7-10,15,19-20,22H2,1-6H3,(H,37,38,39,40)/p+1. The molecular weight excluding hydrogens is 582 g/mol. The molecule has 3 unspecified atom stereocenters. The van der Waals surface area contributed by atoms with Gasteiger partial charge in [0, 0.05) is 21.2 Å². The van der Waals surface area contributed by atoms with E-state index in [1.54, 1.807) is 16.4 Å². The van der Waals surface area contributed by atoms with Crippen molar-refractivity contribution in [3.05, 3.63) is 75.0 Å². The first-order chi connectivity index (χ1) is 21.7. The SMILES string of the molecule is CCCCC1N=C(C)N(Cc2cc(CC)c(C(C)(C)N([OH2+])CC)s2)C(=O)C1CC1=CCC(c2ccccc2-c2nn[nH]n2)C=C1. The van der Waals surface area contributed by atoms with Gasteiger partial charge in [0.15, 0.2) is 0 Å². The minimum Gasteiger partial charge on any atom is -0.338 e. The van der Waals surface area contributed by atoms with Crippen LogP contribution in [0.1, 0.15) is 100 Å². The molecule has 0 bridgehead atoms. The summed E-state index contributed by atoms with van der Waals surface area (Å²) in [5.74, 6) is 1.60. The number of carbonyl (C=O) groups excluding carboxylic acids is 1. The molecule has 0 radical (unpaired) electrons. The van der Waals surface area contributed by atoms with Crippen molar-refractivity contribution in [1.29, 1.82) is 0 Å². The number of amidine groups is 1. The summed E-state index contributed by atoms with van der Waals surface area (Å²) >= 11 is 1.73. The van der Waals surface area contributed by atoms with Gasteiger partial charge in [-0.3, -0.25) is 14.7 Å². The number of nitrogens with one attached hydrogen (secondary N) is 1. The van der Waals surface area contributed by atoms with Gasteiger partial charge in [-0.25, -0.2) is 0 Å². The topological polar surface area (TPSA) is 113 Å². The number of aryl methyl sites for hydroxylation is 1. The number of hydroxylamine groups is 2. The molecule has 5 rings (SSSR count). The van der Waals surface area contributed by atoms with Gasteiger partial charge in [0.2, 0.25) is 11.7 Å². The zero-order chi connectivity index (χ0) is 32.1. The zero-order valence-corrected chi connectivity index (χ0v) is 28.3. The Morgan fingerprint density at radius 3 is 2.67 bits per heavy atom. The van der Waals surface area contributed by atoms with E-state index < -0.39 is 5.54 Å². The number of aliphatic imine (C=N–C) groups is 1. The van der Waals surface area contributed by atoms with Crippen molar-refractivity contribution < 1.29 is 10.0 Å². The second-order valence-corrected chi connectivity index (χ2v) is 13.8. The molecule has 1 amide bonds. The van der Waals surface area contributed by atoms with E-state index in [1.807, 2.05) is 36.9 Å². The first kappa shape index (κ1) is 32.9. The van der Waals surface area contributed by atoms with Crippen molar-refractivity contribution in [3.8, 4) is 11.4 Å². The van der Waals surface area contributed by atoms with E-state index in [1.165, 1.54) is 21.6 Å². The Hall–Kier alpha value is -3.47. The monoisotopic (exact) mass is 630 g/mol. The smallest absolute Gasteiger partial charge is 0.233 e. The van der Waals surface area contributed by atoms with Crippen LogP contribution in [-0.2, 0) is 23.3 Å². The van der Waals surface area contributed by atoms with Crippen LogP contribution >= 0.6 is 11.3 Å². The number of nitrogens with zero attached hydrogens (tertiary/aromatic N) is 6. The summed E-state index contributed by atoms with van der Waals surface area (Å²) in [5, 5.41) is 24.9. The third-order valence-electron chi connectivity index (χ3n) is 9.32. The molecule has 9 nitrogen and oxygen atoms in total. The van der Waals surface area contributed by atoms with Gasteiger partial charge in [-0.2, -0.15) is 5.21 Å². The normalized spacial score (nSPS) is 20.6.